The first kappa shape index (κ1) is 11.8. The highest BCUT2D eigenvalue weighted by molar-refractivity contribution is 9.21. The minimum Gasteiger partial charge on any atom is -0.285 e. The van der Waals surface area contributed by atoms with Gasteiger partial charge in [-0.1, -0.05) is 0 Å². The van der Waals surface area contributed by atoms with E-state index in [1.165, 1.54) is 2.95 Å². The second-order valence-electron chi connectivity index (χ2n) is 2.77. The van der Waals surface area contributed by atoms with Gasteiger partial charge in [-0.05, 0) is 13.8 Å². The molecule has 0 amide bonds. The van der Waals surface area contributed by atoms with E-state index in [4.69, 9.17) is 4.55 Å². The maximum atomic E-state index is 10.4. The van der Waals surface area contributed by atoms with Gasteiger partial charge < -0.3 is 0 Å². The molecule has 0 aromatic carbocycles. The van der Waals surface area contributed by atoms with Crippen LogP contribution in [0.5, 0.6) is 0 Å². The van der Waals surface area contributed by atoms with Crippen molar-refractivity contribution in [2.24, 2.45) is 0 Å². The number of rotatable bonds is 3. The Morgan fingerprint density at radius 3 is 1.91 bits per heavy atom. The van der Waals surface area contributed by atoms with Crippen LogP contribution in [-0.4, -0.2) is 27.2 Å². The molecule has 0 aliphatic heterocycles. The summed E-state index contributed by atoms with van der Waals surface area (Å²) in [6, 6.07) is 0. The molecule has 1 N–H and O–H groups in total. The van der Waals surface area contributed by atoms with Crippen LogP contribution in [0.1, 0.15) is 13.8 Å². The minimum absolute atomic E-state index is 0.337. The monoisotopic (exact) mass is 309 g/mol. The first-order valence-corrected chi connectivity index (χ1v) is 5.75. The normalized spacial score (nSPS) is 14.0. The molecule has 11 heavy (non-hydrogen) atoms. The molecule has 0 saturated carbocycles. The van der Waals surface area contributed by atoms with Crippen LogP contribution in [0.15, 0.2) is 0 Å². The zero-order chi connectivity index (χ0) is 9.28. The highest BCUT2D eigenvalue weighted by Crippen LogP contribution is 2.24. The molecular weight excluding hydrogens is 302 g/mol. The first-order valence-electron chi connectivity index (χ1n) is 2.72. The van der Waals surface area contributed by atoms with Crippen LogP contribution in [-0.2, 0) is 10.1 Å². The van der Waals surface area contributed by atoms with Crippen LogP contribution < -0.4 is 0 Å². The van der Waals surface area contributed by atoms with Gasteiger partial charge in [0.1, 0.15) is 0 Å². The zero-order valence-corrected chi connectivity index (χ0v) is 10.1. The Labute approximate surface area is 83.4 Å². The van der Waals surface area contributed by atoms with Gasteiger partial charge in [-0.2, -0.15) is 11.4 Å². The van der Waals surface area contributed by atoms with Crippen molar-refractivity contribution < 1.29 is 13.0 Å². The van der Waals surface area contributed by atoms with Gasteiger partial charge >= 0.3 is 0 Å². The summed E-state index contributed by atoms with van der Waals surface area (Å²) in [5.41, 5.74) is -0.687. The summed E-state index contributed by atoms with van der Waals surface area (Å²) in [4.78, 5) is 0. The average molecular weight is 311 g/mol. The standard InChI is InChI=1S/C4H9Br2NO3S/c1-4(2,7(5)6)3-11(8,9)10/h3H2,1-2H3,(H,8,9,10). The highest BCUT2D eigenvalue weighted by Gasteiger charge is 2.29. The lowest BCUT2D eigenvalue weighted by molar-refractivity contribution is 0.405. The van der Waals surface area contributed by atoms with Crippen molar-refractivity contribution in [1.29, 1.82) is 0 Å². The van der Waals surface area contributed by atoms with E-state index in [2.05, 4.69) is 32.3 Å². The summed E-state index contributed by atoms with van der Waals surface area (Å²) >= 11 is 6.05. The maximum absolute atomic E-state index is 10.4. The quantitative estimate of drug-likeness (QED) is 0.635. The van der Waals surface area contributed by atoms with E-state index in [1.54, 1.807) is 13.8 Å². The van der Waals surface area contributed by atoms with Gasteiger partial charge in [-0.3, -0.25) is 4.55 Å². The third-order valence-corrected chi connectivity index (χ3v) is 3.98. The number of halogens is 2. The molecule has 0 unspecified atom stereocenters. The van der Waals surface area contributed by atoms with Crippen LogP contribution in [0.2, 0.25) is 0 Å². The van der Waals surface area contributed by atoms with E-state index in [9.17, 15) is 8.42 Å². The predicted molar refractivity (Wildman–Crippen MR) is 50.2 cm³/mol. The molecule has 0 bridgehead atoms. The van der Waals surface area contributed by atoms with Crippen LogP contribution in [0.3, 0.4) is 0 Å². The smallest absolute Gasteiger partial charge is 0.266 e. The van der Waals surface area contributed by atoms with Crippen LogP contribution in [0.25, 0.3) is 0 Å². The van der Waals surface area contributed by atoms with Crippen molar-refractivity contribution in [1.82, 2.24) is 2.95 Å². The lowest BCUT2D eigenvalue weighted by atomic mass is 10.1. The fourth-order valence-electron chi connectivity index (χ4n) is 0.495. The Hall–Kier alpha value is 0.830. The van der Waals surface area contributed by atoms with E-state index in [1.807, 2.05) is 0 Å². The molecule has 0 fully saturated rings. The Balaban J connectivity index is 4.38. The molecular formula is C4H9Br2NO3S. The van der Waals surface area contributed by atoms with E-state index in [0.29, 0.717) is 0 Å². The third-order valence-electron chi connectivity index (χ3n) is 0.993. The van der Waals surface area contributed by atoms with Crippen LogP contribution in [0, 0.1) is 0 Å². The molecule has 0 radical (unpaired) electrons. The Kier molecular flexibility index (Phi) is 3.97. The van der Waals surface area contributed by atoms with Gasteiger partial charge in [0.2, 0.25) is 0 Å². The molecule has 7 heteroatoms. The van der Waals surface area contributed by atoms with Gasteiger partial charge in [0.25, 0.3) is 10.1 Å². The molecule has 0 atom stereocenters. The summed E-state index contributed by atoms with van der Waals surface area (Å²) in [5.74, 6) is -0.337. The molecule has 0 aromatic rings. The second-order valence-corrected chi connectivity index (χ2v) is 6.59. The second kappa shape index (κ2) is 3.69. The van der Waals surface area contributed by atoms with Gasteiger partial charge in [0.05, 0.1) is 11.3 Å². The topological polar surface area (TPSA) is 57.6 Å². The van der Waals surface area contributed by atoms with E-state index in [0.717, 1.165) is 0 Å². The molecule has 0 heterocycles. The van der Waals surface area contributed by atoms with Gasteiger partial charge in [0.15, 0.2) is 0 Å². The summed E-state index contributed by atoms with van der Waals surface area (Å²) in [5, 5.41) is 0. The van der Waals surface area contributed by atoms with Crippen molar-refractivity contribution in [2.75, 3.05) is 5.75 Å². The number of hydrogen-bond acceptors (Lipinski definition) is 3. The van der Waals surface area contributed by atoms with Gasteiger partial charge in [-0.25, -0.2) is 0 Å². The van der Waals surface area contributed by atoms with Crippen LogP contribution >= 0.6 is 32.3 Å². The van der Waals surface area contributed by atoms with Crippen molar-refractivity contribution in [3.05, 3.63) is 0 Å². The lowest BCUT2D eigenvalue weighted by Gasteiger charge is -2.26. The Morgan fingerprint density at radius 1 is 1.45 bits per heavy atom. The first-order chi connectivity index (χ1) is 4.65. The fourth-order valence-corrected chi connectivity index (χ4v) is 2.10. The van der Waals surface area contributed by atoms with E-state index in [-0.39, 0.29) is 5.75 Å². The van der Waals surface area contributed by atoms with Crippen molar-refractivity contribution in [3.63, 3.8) is 0 Å². The van der Waals surface area contributed by atoms with E-state index < -0.39 is 15.7 Å². The molecule has 68 valence electrons. The molecule has 0 aliphatic rings. The molecule has 0 spiro atoms. The maximum Gasteiger partial charge on any atom is 0.266 e. The van der Waals surface area contributed by atoms with Crippen molar-refractivity contribution >= 4 is 42.4 Å². The van der Waals surface area contributed by atoms with Gasteiger partial charge in [-0.15, -0.1) is 0 Å². The SMILES string of the molecule is CC(C)(CS(=O)(=O)O)N(Br)Br. The molecule has 0 aliphatic carbocycles. The lowest BCUT2D eigenvalue weighted by Crippen LogP contribution is -2.38. The van der Waals surface area contributed by atoms with E-state index >= 15 is 0 Å². The summed E-state index contributed by atoms with van der Waals surface area (Å²) in [7, 11) is -3.93. The Morgan fingerprint density at radius 2 is 1.82 bits per heavy atom. The predicted octanol–water partition coefficient (Wildman–Crippen LogP) is 1.57. The molecule has 0 aromatic heterocycles. The minimum atomic E-state index is -3.93. The fraction of sp³-hybridized carbons (Fsp3) is 1.00. The van der Waals surface area contributed by atoms with Gasteiger partial charge in [0, 0.05) is 32.3 Å². The number of nitrogens with zero attached hydrogens (tertiary/aromatic N) is 1. The van der Waals surface area contributed by atoms with Crippen LogP contribution in [0.4, 0.5) is 0 Å². The third kappa shape index (κ3) is 5.13. The summed E-state index contributed by atoms with van der Waals surface area (Å²) in [6.45, 7) is 3.31. The molecule has 0 rings (SSSR count). The van der Waals surface area contributed by atoms with Crippen molar-refractivity contribution in [2.45, 2.75) is 19.4 Å². The highest BCUT2D eigenvalue weighted by atomic mass is 79.9. The number of hydrogen-bond donors (Lipinski definition) is 1. The molecule has 0 saturated heterocycles. The average Bonchev–Trinajstić information content (AvgIpc) is 1.56. The summed E-state index contributed by atoms with van der Waals surface area (Å²) < 4.78 is 30.8. The summed E-state index contributed by atoms with van der Waals surface area (Å²) in [6.07, 6.45) is 0. The zero-order valence-electron chi connectivity index (χ0n) is 6.08. The Bertz CT molecular complexity index is 223. The van der Waals surface area contributed by atoms with Crippen molar-refractivity contribution in [3.8, 4) is 0 Å². The molecule has 4 nitrogen and oxygen atoms in total. The largest absolute Gasteiger partial charge is 0.285 e.